The minimum atomic E-state index is -0.587. The van der Waals surface area contributed by atoms with Gasteiger partial charge in [-0.05, 0) is 6.07 Å². The van der Waals surface area contributed by atoms with E-state index in [2.05, 4.69) is 11.1 Å². The fraction of sp³-hybridized carbons (Fsp3) is 0. The highest BCUT2D eigenvalue weighted by Gasteiger charge is 2.00. The Morgan fingerprint density at radius 3 is 2.90 bits per heavy atom. The number of halogens is 1. The molecule has 0 unspecified atom stereocenters. The summed E-state index contributed by atoms with van der Waals surface area (Å²) in [6.45, 7) is 0. The van der Waals surface area contributed by atoms with Crippen LogP contribution in [0.15, 0.2) is 12.3 Å². The predicted octanol–water partition coefficient (Wildman–Crippen LogP) is 0.634. The van der Waals surface area contributed by atoms with E-state index in [4.69, 9.17) is 17.3 Å². The summed E-state index contributed by atoms with van der Waals surface area (Å²) >= 11 is 5.49. The van der Waals surface area contributed by atoms with Crippen molar-refractivity contribution in [1.82, 2.24) is 4.98 Å². The summed E-state index contributed by atoms with van der Waals surface area (Å²) in [6.07, 6.45) is 1.31. The Labute approximate surface area is 62.8 Å². The van der Waals surface area contributed by atoms with Crippen LogP contribution in [0.4, 0.5) is 0 Å². The number of hydrogen-bond donors (Lipinski definition) is 1. The maximum atomic E-state index is 10.4. The highest BCUT2D eigenvalue weighted by molar-refractivity contribution is 6.30. The average molecular weight is 156 g/mol. The van der Waals surface area contributed by atoms with Gasteiger partial charge in [0.25, 0.3) is 5.91 Å². The number of aromatic nitrogens is 1. The van der Waals surface area contributed by atoms with Gasteiger partial charge in [-0.25, -0.2) is 0 Å². The first-order valence-electron chi connectivity index (χ1n) is 2.53. The molecule has 1 rings (SSSR count). The van der Waals surface area contributed by atoms with E-state index in [1.807, 2.05) is 0 Å². The molecule has 1 radical (unpaired) electrons. The van der Waals surface area contributed by atoms with E-state index in [1.54, 1.807) is 0 Å². The van der Waals surface area contributed by atoms with Crippen LogP contribution in [0.1, 0.15) is 10.5 Å². The van der Waals surface area contributed by atoms with Gasteiger partial charge in [0.15, 0.2) is 0 Å². The van der Waals surface area contributed by atoms with E-state index in [0.29, 0.717) is 5.02 Å². The van der Waals surface area contributed by atoms with Crippen molar-refractivity contribution in [2.24, 2.45) is 5.73 Å². The molecule has 1 aromatic rings. The van der Waals surface area contributed by atoms with E-state index in [1.165, 1.54) is 12.3 Å². The number of rotatable bonds is 1. The molecule has 1 amide bonds. The van der Waals surface area contributed by atoms with Gasteiger partial charge < -0.3 is 5.73 Å². The van der Waals surface area contributed by atoms with Gasteiger partial charge in [0.05, 0.1) is 5.02 Å². The van der Waals surface area contributed by atoms with E-state index >= 15 is 0 Å². The fourth-order valence-electron chi connectivity index (χ4n) is 0.497. The highest BCUT2D eigenvalue weighted by atomic mass is 35.5. The maximum absolute atomic E-state index is 10.4. The molecule has 10 heavy (non-hydrogen) atoms. The van der Waals surface area contributed by atoms with Crippen LogP contribution in [0.5, 0.6) is 0 Å². The zero-order chi connectivity index (χ0) is 7.56. The molecule has 0 aliphatic heterocycles. The van der Waals surface area contributed by atoms with Crippen LogP contribution in [0.25, 0.3) is 0 Å². The molecule has 3 nitrogen and oxygen atoms in total. The van der Waals surface area contributed by atoms with Crippen LogP contribution >= 0.6 is 11.6 Å². The first kappa shape index (κ1) is 7.02. The lowest BCUT2D eigenvalue weighted by atomic mass is 10.3. The summed E-state index contributed by atoms with van der Waals surface area (Å²) in [5.41, 5.74) is 5.06. The first-order chi connectivity index (χ1) is 4.70. The standard InChI is InChI=1S/C6H4ClN2O/c7-4-1-2-9-5(3-4)6(8)10/h2-3H,(H2,8,10). The van der Waals surface area contributed by atoms with E-state index in [0.717, 1.165) is 0 Å². The third kappa shape index (κ3) is 1.45. The number of nitrogens with zero attached hydrogens (tertiary/aromatic N) is 1. The van der Waals surface area contributed by atoms with Crippen molar-refractivity contribution in [3.05, 3.63) is 29.0 Å². The summed E-state index contributed by atoms with van der Waals surface area (Å²) in [4.78, 5) is 14.1. The van der Waals surface area contributed by atoms with Gasteiger partial charge in [-0.2, -0.15) is 0 Å². The van der Waals surface area contributed by atoms with E-state index in [-0.39, 0.29) is 5.69 Å². The lowest BCUT2D eigenvalue weighted by molar-refractivity contribution is 0.0995. The van der Waals surface area contributed by atoms with Crippen LogP contribution in [0.2, 0.25) is 5.02 Å². The number of nitrogens with two attached hydrogens (primary N) is 1. The Bertz CT molecular complexity index is 262. The molecule has 2 N–H and O–H groups in total. The van der Waals surface area contributed by atoms with Crippen molar-refractivity contribution in [2.45, 2.75) is 0 Å². The normalized spacial score (nSPS) is 9.30. The summed E-state index contributed by atoms with van der Waals surface area (Å²) in [7, 11) is 0. The van der Waals surface area contributed by atoms with Crippen molar-refractivity contribution < 1.29 is 4.79 Å². The molecule has 0 bridgehead atoms. The van der Waals surface area contributed by atoms with Gasteiger partial charge >= 0.3 is 0 Å². The second-order valence-corrected chi connectivity index (χ2v) is 2.05. The van der Waals surface area contributed by atoms with Crippen molar-refractivity contribution in [2.75, 3.05) is 0 Å². The molecule has 0 atom stereocenters. The zero-order valence-electron chi connectivity index (χ0n) is 4.97. The maximum Gasteiger partial charge on any atom is 0.267 e. The Morgan fingerprint density at radius 1 is 1.80 bits per heavy atom. The smallest absolute Gasteiger partial charge is 0.267 e. The molecule has 0 fully saturated rings. The van der Waals surface area contributed by atoms with Gasteiger partial charge in [0.2, 0.25) is 0 Å². The van der Waals surface area contributed by atoms with Crippen molar-refractivity contribution in [3.63, 3.8) is 0 Å². The summed E-state index contributed by atoms with van der Waals surface area (Å²) in [5.74, 6) is -0.587. The summed E-state index contributed by atoms with van der Waals surface area (Å²) < 4.78 is 0. The van der Waals surface area contributed by atoms with Gasteiger partial charge in [-0.3, -0.25) is 9.78 Å². The number of pyridine rings is 1. The lowest BCUT2D eigenvalue weighted by Crippen LogP contribution is -2.12. The SMILES string of the molecule is NC(=O)c1cc(Cl)[c]cn1. The van der Waals surface area contributed by atoms with Crippen LogP contribution < -0.4 is 5.73 Å². The lowest BCUT2D eigenvalue weighted by Gasteiger charge is -1.91. The second-order valence-electron chi connectivity index (χ2n) is 1.64. The third-order valence-electron chi connectivity index (χ3n) is 0.922. The Kier molecular flexibility index (Phi) is 1.87. The molecular formula is C6H4ClN2O. The zero-order valence-corrected chi connectivity index (χ0v) is 5.72. The van der Waals surface area contributed by atoms with Gasteiger partial charge in [0, 0.05) is 12.3 Å². The average Bonchev–Trinajstić information content (AvgIpc) is 1.88. The Balaban J connectivity index is 3.07. The van der Waals surface area contributed by atoms with Crippen LogP contribution in [-0.4, -0.2) is 10.9 Å². The molecule has 0 spiro atoms. The van der Waals surface area contributed by atoms with Crippen molar-refractivity contribution >= 4 is 17.5 Å². The molecule has 0 aromatic carbocycles. The number of carbonyl (C=O) groups excluding carboxylic acids is 1. The number of amides is 1. The molecule has 0 saturated carbocycles. The van der Waals surface area contributed by atoms with Crippen LogP contribution in [0.3, 0.4) is 0 Å². The van der Waals surface area contributed by atoms with E-state index in [9.17, 15) is 4.79 Å². The summed E-state index contributed by atoms with van der Waals surface area (Å²) in [5, 5.41) is 0.337. The quantitative estimate of drug-likeness (QED) is 0.647. The van der Waals surface area contributed by atoms with E-state index < -0.39 is 5.91 Å². The molecule has 1 heterocycles. The van der Waals surface area contributed by atoms with Crippen LogP contribution in [-0.2, 0) is 0 Å². The number of carbonyl (C=O) groups is 1. The number of primary amides is 1. The third-order valence-corrected chi connectivity index (χ3v) is 1.14. The molecule has 0 aliphatic carbocycles. The Hall–Kier alpha value is -1.09. The fourth-order valence-corrected chi connectivity index (χ4v) is 0.649. The highest BCUT2D eigenvalue weighted by Crippen LogP contribution is 2.05. The summed E-state index contributed by atoms with van der Waals surface area (Å²) in [6, 6.07) is 3.94. The minimum absolute atomic E-state index is 0.156. The molecule has 0 aliphatic rings. The largest absolute Gasteiger partial charge is 0.364 e. The molecule has 4 heteroatoms. The molecule has 51 valence electrons. The van der Waals surface area contributed by atoms with Gasteiger partial charge in [0.1, 0.15) is 5.69 Å². The van der Waals surface area contributed by atoms with Crippen molar-refractivity contribution in [1.29, 1.82) is 0 Å². The predicted molar refractivity (Wildman–Crippen MR) is 36.6 cm³/mol. The first-order valence-corrected chi connectivity index (χ1v) is 2.91. The number of hydrogen-bond acceptors (Lipinski definition) is 2. The molecule has 1 aromatic heterocycles. The van der Waals surface area contributed by atoms with Crippen molar-refractivity contribution in [3.8, 4) is 0 Å². The second kappa shape index (κ2) is 2.66. The molecule has 0 saturated heterocycles. The van der Waals surface area contributed by atoms with Gasteiger partial charge in [-0.1, -0.05) is 11.6 Å². The topological polar surface area (TPSA) is 56.0 Å². The minimum Gasteiger partial charge on any atom is -0.364 e. The monoisotopic (exact) mass is 155 g/mol. The Morgan fingerprint density at radius 2 is 2.50 bits per heavy atom. The van der Waals surface area contributed by atoms with Gasteiger partial charge in [-0.15, -0.1) is 0 Å². The molecular weight excluding hydrogens is 152 g/mol. The van der Waals surface area contributed by atoms with Crippen LogP contribution in [0, 0.1) is 6.07 Å².